The highest BCUT2D eigenvalue weighted by Crippen LogP contribution is 2.27. The highest BCUT2D eigenvalue weighted by Gasteiger charge is 2.23. The Morgan fingerprint density at radius 2 is 2.12 bits per heavy atom. The molecule has 0 saturated heterocycles. The van der Waals surface area contributed by atoms with E-state index in [-0.39, 0.29) is 17.5 Å². The van der Waals surface area contributed by atoms with Crippen LogP contribution in [0.3, 0.4) is 0 Å². The molecule has 6 heteroatoms. The first-order valence-corrected chi connectivity index (χ1v) is 9.73. The molecule has 1 saturated carbocycles. The summed E-state index contributed by atoms with van der Waals surface area (Å²) >= 11 is 1.33. The molecule has 2 aromatic rings. The Labute approximate surface area is 146 Å². The van der Waals surface area contributed by atoms with Crippen LogP contribution in [0.25, 0.3) is 10.2 Å². The summed E-state index contributed by atoms with van der Waals surface area (Å²) in [7, 11) is 0. The predicted molar refractivity (Wildman–Crippen MR) is 97.9 cm³/mol. The van der Waals surface area contributed by atoms with Gasteiger partial charge in [0.15, 0.2) is 0 Å². The van der Waals surface area contributed by atoms with Crippen LogP contribution in [0, 0.1) is 6.92 Å². The lowest BCUT2D eigenvalue weighted by Gasteiger charge is -2.11. The Morgan fingerprint density at radius 1 is 1.38 bits per heavy atom. The van der Waals surface area contributed by atoms with Crippen LogP contribution in [0.1, 0.15) is 67.1 Å². The second-order valence-corrected chi connectivity index (χ2v) is 7.64. The molecule has 1 amide bonds. The van der Waals surface area contributed by atoms with Crippen molar-refractivity contribution in [2.75, 3.05) is 0 Å². The maximum Gasteiger partial charge on any atom is 0.262 e. The summed E-state index contributed by atoms with van der Waals surface area (Å²) in [5.74, 6) is -0.0562. The largest absolute Gasteiger partial charge is 0.349 e. The third kappa shape index (κ3) is 3.38. The van der Waals surface area contributed by atoms with Crippen molar-refractivity contribution in [3.63, 3.8) is 0 Å². The quantitative estimate of drug-likeness (QED) is 0.812. The van der Waals surface area contributed by atoms with Gasteiger partial charge in [-0.25, -0.2) is 4.98 Å². The molecule has 130 valence electrons. The van der Waals surface area contributed by atoms with Crippen molar-refractivity contribution in [1.29, 1.82) is 0 Å². The molecule has 0 radical (unpaired) electrons. The highest BCUT2D eigenvalue weighted by atomic mass is 32.1. The zero-order chi connectivity index (χ0) is 17.1. The van der Waals surface area contributed by atoms with Crippen LogP contribution in [0.15, 0.2) is 11.1 Å². The average Bonchev–Trinajstić information content (AvgIpc) is 3.18. The van der Waals surface area contributed by atoms with Gasteiger partial charge in [0.25, 0.3) is 11.5 Å². The Kier molecular flexibility index (Phi) is 5.33. The van der Waals surface area contributed by atoms with E-state index in [2.05, 4.69) is 17.2 Å². The van der Waals surface area contributed by atoms with E-state index in [0.717, 1.165) is 37.7 Å². The predicted octanol–water partition coefficient (Wildman–Crippen LogP) is 3.63. The van der Waals surface area contributed by atoms with Crippen LogP contribution < -0.4 is 10.9 Å². The summed E-state index contributed by atoms with van der Waals surface area (Å²) in [6.07, 6.45) is 9.28. The van der Waals surface area contributed by atoms with Crippen LogP contribution in [0.4, 0.5) is 0 Å². The van der Waals surface area contributed by atoms with Crippen molar-refractivity contribution in [1.82, 2.24) is 14.9 Å². The molecule has 0 atom stereocenters. The molecular formula is C18H25N3O2S. The highest BCUT2D eigenvalue weighted by molar-refractivity contribution is 7.20. The average molecular weight is 347 g/mol. The number of rotatable bonds is 6. The number of carbonyl (C=O) groups is 1. The summed E-state index contributed by atoms with van der Waals surface area (Å²) in [5, 5.41) is 3.71. The fraction of sp³-hybridized carbons (Fsp3) is 0.611. The molecule has 0 aromatic carbocycles. The van der Waals surface area contributed by atoms with Crippen LogP contribution >= 0.6 is 11.3 Å². The number of amides is 1. The molecular weight excluding hydrogens is 322 g/mol. The summed E-state index contributed by atoms with van der Waals surface area (Å²) < 4.78 is 1.68. The smallest absolute Gasteiger partial charge is 0.262 e. The minimum Gasteiger partial charge on any atom is -0.349 e. The number of unbranched alkanes of at least 4 members (excludes halogenated alkanes) is 2. The molecule has 1 aliphatic carbocycles. The molecule has 24 heavy (non-hydrogen) atoms. The maximum absolute atomic E-state index is 12.7. The molecule has 3 rings (SSSR count). The molecule has 0 spiro atoms. The first-order valence-electron chi connectivity index (χ1n) is 8.91. The van der Waals surface area contributed by atoms with Crippen molar-refractivity contribution in [2.45, 2.75) is 71.4 Å². The number of nitrogens with zero attached hydrogens (tertiary/aromatic N) is 2. The SMILES string of the molecule is CCCCCn1cnc2sc(C(=O)NC3CCCC3)c(C)c2c1=O. The van der Waals surface area contributed by atoms with E-state index in [1.165, 1.54) is 24.2 Å². The van der Waals surface area contributed by atoms with Crippen LogP contribution in [-0.2, 0) is 6.54 Å². The third-order valence-corrected chi connectivity index (χ3v) is 6.02. The van der Waals surface area contributed by atoms with E-state index in [1.807, 2.05) is 6.92 Å². The first kappa shape index (κ1) is 17.1. The first-order chi connectivity index (χ1) is 11.6. The number of carbonyl (C=O) groups excluding carboxylic acids is 1. The van der Waals surface area contributed by atoms with E-state index in [4.69, 9.17) is 0 Å². The van der Waals surface area contributed by atoms with Crippen LogP contribution in [-0.4, -0.2) is 21.5 Å². The van der Waals surface area contributed by atoms with Gasteiger partial charge in [-0.2, -0.15) is 0 Å². The Hall–Kier alpha value is -1.69. The van der Waals surface area contributed by atoms with Gasteiger partial charge >= 0.3 is 0 Å². The lowest BCUT2D eigenvalue weighted by Crippen LogP contribution is -2.32. The summed E-state index contributed by atoms with van der Waals surface area (Å²) in [6, 6.07) is 0.278. The van der Waals surface area contributed by atoms with E-state index >= 15 is 0 Å². The van der Waals surface area contributed by atoms with E-state index in [1.54, 1.807) is 10.9 Å². The molecule has 1 aliphatic rings. The van der Waals surface area contributed by atoms with Crippen molar-refractivity contribution in [2.24, 2.45) is 0 Å². The molecule has 1 N–H and O–H groups in total. The van der Waals surface area contributed by atoms with Crippen molar-refractivity contribution in [3.8, 4) is 0 Å². The zero-order valence-electron chi connectivity index (χ0n) is 14.4. The summed E-state index contributed by atoms with van der Waals surface area (Å²) in [4.78, 5) is 31.0. The number of aromatic nitrogens is 2. The minimum absolute atomic E-state index is 0.0234. The fourth-order valence-corrected chi connectivity index (χ4v) is 4.43. The van der Waals surface area contributed by atoms with Gasteiger partial charge in [-0.3, -0.25) is 14.2 Å². The topological polar surface area (TPSA) is 64.0 Å². The van der Waals surface area contributed by atoms with Gasteiger partial charge in [-0.15, -0.1) is 11.3 Å². The molecule has 5 nitrogen and oxygen atoms in total. The third-order valence-electron chi connectivity index (χ3n) is 4.82. The number of hydrogen-bond acceptors (Lipinski definition) is 4. The monoisotopic (exact) mass is 347 g/mol. The summed E-state index contributed by atoms with van der Waals surface area (Å²) in [5.41, 5.74) is 0.748. The lowest BCUT2D eigenvalue weighted by molar-refractivity contribution is 0.0941. The Balaban J connectivity index is 1.87. The standard InChI is InChI=1S/C18H25N3O2S/c1-3-4-7-10-21-11-19-17-14(18(21)23)12(2)15(24-17)16(22)20-13-8-5-6-9-13/h11,13H,3-10H2,1-2H3,(H,20,22). The number of hydrogen-bond donors (Lipinski definition) is 1. The minimum atomic E-state index is -0.0562. The van der Waals surface area contributed by atoms with Gasteiger partial charge < -0.3 is 5.32 Å². The second kappa shape index (κ2) is 7.47. The van der Waals surface area contributed by atoms with Gasteiger partial charge in [0.1, 0.15) is 4.83 Å². The van der Waals surface area contributed by atoms with Gasteiger partial charge in [0, 0.05) is 12.6 Å². The zero-order valence-corrected chi connectivity index (χ0v) is 15.2. The van der Waals surface area contributed by atoms with Crippen molar-refractivity contribution >= 4 is 27.5 Å². The maximum atomic E-state index is 12.7. The van der Waals surface area contributed by atoms with Gasteiger partial charge in [0.05, 0.1) is 16.6 Å². The number of fused-ring (bicyclic) bond motifs is 1. The van der Waals surface area contributed by atoms with E-state index < -0.39 is 0 Å². The van der Waals surface area contributed by atoms with Gasteiger partial charge in [-0.05, 0) is 31.7 Å². The van der Waals surface area contributed by atoms with E-state index in [9.17, 15) is 9.59 Å². The summed E-state index contributed by atoms with van der Waals surface area (Å²) in [6.45, 7) is 4.69. The molecule has 2 aromatic heterocycles. The normalized spacial score (nSPS) is 15.2. The number of nitrogens with one attached hydrogen (secondary N) is 1. The van der Waals surface area contributed by atoms with Crippen LogP contribution in [0.5, 0.6) is 0 Å². The molecule has 0 bridgehead atoms. The van der Waals surface area contributed by atoms with Gasteiger partial charge in [0.2, 0.25) is 0 Å². The lowest BCUT2D eigenvalue weighted by atomic mass is 10.2. The second-order valence-electron chi connectivity index (χ2n) is 6.64. The van der Waals surface area contributed by atoms with E-state index in [0.29, 0.717) is 21.6 Å². The fourth-order valence-electron chi connectivity index (χ4n) is 3.39. The Bertz CT molecular complexity index is 787. The molecule has 2 heterocycles. The molecule has 1 fully saturated rings. The van der Waals surface area contributed by atoms with Crippen LogP contribution in [0.2, 0.25) is 0 Å². The number of thiophene rings is 1. The Morgan fingerprint density at radius 3 is 2.83 bits per heavy atom. The van der Waals surface area contributed by atoms with Gasteiger partial charge in [-0.1, -0.05) is 32.6 Å². The molecule has 0 aliphatic heterocycles. The van der Waals surface area contributed by atoms with Crippen molar-refractivity contribution < 1.29 is 4.79 Å². The molecule has 0 unspecified atom stereocenters. The van der Waals surface area contributed by atoms with Crippen molar-refractivity contribution in [3.05, 3.63) is 27.1 Å². The number of aryl methyl sites for hydroxylation is 2.